The van der Waals surface area contributed by atoms with Gasteiger partial charge in [0.2, 0.25) is 0 Å². The Bertz CT molecular complexity index is 3040. The molecule has 0 aliphatic heterocycles. The van der Waals surface area contributed by atoms with Gasteiger partial charge in [-0.15, -0.1) is 0 Å². The summed E-state index contributed by atoms with van der Waals surface area (Å²) in [6.07, 6.45) is 17.5. The maximum absolute atomic E-state index is 11.3. The molecule has 0 saturated heterocycles. The van der Waals surface area contributed by atoms with Crippen LogP contribution in [0.15, 0.2) is 60.7 Å². The minimum Gasteiger partial charge on any atom is -0.507 e. The van der Waals surface area contributed by atoms with E-state index in [4.69, 9.17) is 28.4 Å². The van der Waals surface area contributed by atoms with Crippen LogP contribution in [0.25, 0.3) is 10.8 Å². The van der Waals surface area contributed by atoms with Gasteiger partial charge in [-0.25, -0.2) is 0 Å². The van der Waals surface area contributed by atoms with Gasteiger partial charge >= 0.3 is 0 Å². The average molecular weight is 1070 g/mol. The Morgan fingerprint density at radius 2 is 0.633 bits per heavy atom. The Morgan fingerprint density at radius 1 is 0.342 bits per heavy atom. The fourth-order valence-electron chi connectivity index (χ4n) is 13.8. The number of phenolic OH excluding ortho intramolecular Hbond substituents is 1. The summed E-state index contributed by atoms with van der Waals surface area (Å²) < 4.78 is 39.8. The summed E-state index contributed by atoms with van der Waals surface area (Å²) in [4.78, 5) is 0. The number of aryl methyl sites for hydroxylation is 4. The van der Waals surface area contributed by atoms with Crippen LogP contribution in [0.4, 0.5) is 0 Å². The molecule has 0 aromatic heterocycles. The number of ether oxygens (including phenoxy) is 6. The van der Waals surface area contributed by atoms with Crippen molar-refractivity contribution < 1.29 is 33.5 Å². The highest BCUT2D eigenvalue weighted by Gasteiger charge is 2.31. The van der Waals surface area contributed by atoms with Crippen molar-refractivity contribution in [2.45, 2.75) is 249 Å². The van der Waals surface area contributed by atoms with Crippen molar-refractivity contribution in [1.29, 1.82) is 0 Å². The molecular weight excluding hydrogens is 977 g/mol. The molecule has 3 aliphatic carbocycles. The Balaban J connectivity index is 1.16. The molecule has 0 amide bonds. The third-order valence-corrected chi connectivity index (χ3v) is 18.8. The molecule has 0 heterocycles. The third kappa shape index (κ3) is 12.8. The fourth-order valence-corrected chi connectivity index (χ4v) is 13.8. The lowest BCUT2D eigenvalue weighted by Crippen LogP contribution is -2.27. The van der Waals surface area contributed by atoms with E-state index >= 15 is 0 Å². The molecule has 6 aromatic carbocycles. The zero-order valence-electron chi connectivity index (χ0n) is 50.9. The van der Waals surface area contributed by atoms with Crippen LogP contribution in [-0.2, 0) is 14.2 Å². The minimum absolute atomic E-state index is 0.109. The maximum atomic E-state index is 11.3. The van der Waals surface area contributed by atoms with Crippen molar-refractivity contribution in [1.82, 2.24) is 0 Å². The molecule has 0 bridgehead atoms. The predicted octanol–water partition coefficient (Wildman–Crippen LogP) is 18.8. The van der Waals surface area contributed by atoms with E-state index in [1.54, 1.807) is 0 Å². The SMILES string of the molecule is Cc1cc(C(c2ccc3ccc(C(c4cc(C)c(OC(C)OC5CCCCC5)c(C)c4C)c4cc(C)c(OC(C)OC5CCCCC5)c(C)c4C)cc3c2)c2cc(C)c(OC(C)OC3CCCCC3)c(C)c2C)c(C)c(C)c1O. The summed E-state index contributed by atoms with van der Waals surface area (Å²) in [5, 5.41) is 13.7. The molecule has 7 nitrogen and oxygen atoms in total. The van der Waals surface area contributed by atoms with E-state index in [2.05, 4.69) is 144 Å². The van der Waals surface area contributed by atoms with E-state index in [0.717, 1.165) is 106 Å². The maximum Gasteiger partial charge on any atom is 0.197 e. The lowest BCUT2D eigenvalue weighted by Gasteiger charge is -2.30. The second-order valence-corrected chi connectivity index (χ2v) is 24.4. The van der Waals surface area contributed by atoms with Crippen LogP contribution in [0.1, 0.15) is 229 Å². The number of fused-ring (bicyclic) bond motifs is 1. The van der Waals surface area contributed by atoms with Gasteiger partial charge in [0.25, 0.3) is 0 Å². The number of hydrogen-bond acceptors (Lipinski definition) is 7. The molecule has 424 valence electrons. The summed E-state index contributed by atoms with van der Waals surface area (Å²) >= 11 is 0. The van der Waals surface area contributed by atoms with Crippen molar-refractivity contribution in [2.75, 3.05) is 0 Å². The first-order chi connectivity index (χ1) is 37.8. The number of aromatic hydroxyl groups is 1. The molecule has 4 unspecified atom stereocenters. The molecule has 9 rings (SSSR count). The first kappa shape index (κ1) is 58.3. The van der Waals surface area contributed by atoms with Gasteiger partial charge in [0, 0.05) is 11.8 Å². The monoisotopic (exact) mass is 1070 g/mol. The van der Waals surface area contributed by atoms with Gasteiger partial charge < -0.3 is 33.5 Å². The predicted molar refractivity (Wildman–Crippen MR) is 324 cm³/mol. The van der Waals surface area contributed by atoms with Crippen LogP contribution in [-0.4, -0.2) is 42.3 Å². The molecule has 7 heteroatoms. The first-order valence-electron chi connectivity index (χ1n) is 30.4. The van der Waals surface area contributed by atoms with E-state index < -0.39 is 0 Å². The Labute approximate surface area is 475 Å². The summed E-state index contributed by atoms with van der Waals surface area (Å²) in [7, 11) is 0. The van der Waals surface area contributed by atoms with Gasteiger partial charge in [0.15, 0.2) is 18.9 Å². The molecule has 3 fully saturated rings. The van der Waals surface area contributed by atoms with Gasteiger partial charge in [-0.2, -0.15) is 0 Å². The molecule has 3 aliphatic rings. The highest BCUT2D eigenvalue weighted by atomic mass is 16.7. The van der Waals surface area contributed by atoms with E-state index in [1.165, 1.54) is 119 Å². The molecular formula is C72H94O7. The molecule has 79 heavy (non-hydrogen) atoms. The van der Waals surface area contributed by atoms with Gasteiger partial charge in [-0.1, -0.05) is 118 Å². The van der Waals surface area contributed by atoms with Crippen molar-refractivity contribution in [3.8, 4) is 23.0 Å². The van der Waals surface area contributed by atoms with Crippen LogP contribution in [0.2, 0.25) is 0 Å². The standard InChI is InChI=1S/C72H94O7/c1-41-35-63(45(5)49(9)69(41)73)67(64-36-42(2)70(50(10)46(64)6)77-53(13)74-60-25-19-16-20-26-60)57-33-31-56-32-34-58(40-59(56)39-57)68(65-37-43(3)71(51(11)47(65)7)78-54(14)75-61-27-21-17-22-28-61)66-38-44(4)72(52(12)48(66)8)79-55(15)76-62-29-23-18-24-30-62/h31-40,53-55,60-62,67-68,73H,16-30H2,1-15H3. The van der Waals surface area contributed by atoms with Crippen molar-refractivity contribution in [2.24, 2.45) is 0 Å². The Morgan fingerprint density at radius 3 is 0.949 bits per heavy atom. The number of hydrogen-bond donors (Lipinski definition) is 1. The lowest BCUT2D eigenvalue weighted by molar-refractivity contribution is -0.117. The highest BCUT2D eigenvalue weighted by Crippen LogP contribution is 2.47. The fraction of sp³-hybridized carbons (Fsp3) is 0.528. The number of phenols is 1. The third-order valence-electron chi connectivity index (χ3n) is 18.8. The normalized spacial score (nSPS) is 17.9. The summed E-state index contributed by atoms with van der Waals surface area (Å²) in [6.45, 7) is 32.4. The Kier molecular flexibility index (Phi) is 18.6. The van der Waals surface area contributed by atoms with Gasteiger partial charge in [0.05, 0.1) is 18.3 Å². The quantitative estimate of drug-likeness (QED) is 0.0679. The topological polar surface area (TPSA) is 75.6 Å². The zero-order valence-corrected chi connectivity index (χ0v) is 50.9. The van der Waals surface area contributed by atoms with Crippen LogP contribution >= 0.6 is 0 Å². The molecule has 3 saturated carbocycles. The molecule has 0 radical (unpaired) electrons. The van der Waals surface area contributed by atoms with Crippen LogP contribution in [0.5, 0.6) is 23.0 Å². The molecule has 1 N–H and O–H groups in total. The average Bonchev–Trinajstić information content (AvgIpc) is 3.64. The zero-order chi connectivity index (χ0) is 56.4. The summed E-state index contributed by atoms with van der Waals surface area (Å²) in [5.41, 5.74) is 20.6. The van der Waals surface area contributed by atoms with E-state index in [0.29, 0.717) is 5.75 Å². The largest absolute Gasteiger partial charge is 0.507 e. The highest BCUT2D eigenvalue weighted by molar-refractivity contribution is 5.85. The minimum atomic E-state index is -0.348. The molecule has 4 atom stereocenters. The molecule has 6 aromatic rings. The van der Waals surface area contributed by atoms with Crippen LogP contribution < -0.4 is 14.2 Å². The van der Waals surface area contributed by atoms with Crippen LogP contribution in [0, 0.1) is 83.1 Å². The summed E-state index contributed by atoms with van der Waals surface area (Å²) in [6, 6.07) is 23.5. The lowest BCUT2D eigenvalue weighted by atomic mass is 9.76. The smallest absolute Gasteiger partial charge is 0.197 e. The second-order valence-electron chi connectivity index (χ2n) is 24.4. The molecule has 0 spiro atoms. The van der Waals surface area contributed by atoms with Crippen LogP contribution in [0.3, 0.4) is 0 Å². The second kappa shape index (κ2) is 25.2. The Hall–Kier alpha value is -5.34. The summed E-state index contributed by atoms with van der Waals surface area (Å²) in [5.74, 6) is 2.85. The van der Waals surface area contributed by atoms with Crippen molar-refractivity contribution in [3.63, 3.8) is 0 Å². The number of rotatable bonds is 18. The van der Waals surface area contributed by atoms with Gasteiger partial charge in [-0.05, 0) is 253 Å². The number of benzene rings is 6. The van der Waals surface area contributed by atoms with E-state index in [1.807, 2.05) is 20.8 Å². The van der Waals surface area contributed by atoms with Gasteiger partial charge in [0.1, 0.15) is 23.0 Å². The van der Waals surface area contributed by atoms with E-state index in [9.17, 15) is 5.11 Å². The van der Waals surface area contributed by atoms with E-state index in [-0.39, 0.29) is 49.0 Å². The van der Waals surface area contributed by atoms with Crippen molar-refractivity contribution in [3.05, 3.63) is 161 Å². The van der Waals surface area contributed by atoms with Gasteiger partial charge in [-0.3, -0.25) is 0 Å². The first-order valence-corrected chi connectivity index (χ1v) is 30.4. The van der Waals surface area contributed by atoms with Crippen molar-refractivity contribution >= 4 is 10.8 Å².